The SMILES string of the molecule is N#Cc1ccc(Sc2ccc(C(=O)O)o2)c(Cl)c1. The minimum absolute atomic E-state index is 0.123. The van der Waals surface area contributed by atoms with Gasteiger partial charge in [0.1, 0.15) is 0 Å². The topological polar surface area (TPSA) is 74.2 Å². The van der Waals surface area contributed by atoms with Crippen molar-refractivity contribution in [1.29, 1.82) is 5.26 Å². The maximum atomic E-state index is 10.7. The van der Waals surface area contributed by atoms with E-state index in [1.807, 2.05) is 6.07 Å². The lowest BCUT2D eigenvalue weighted by Crippen LogP contribution is -1.91. The number of aromatic carboxylic acids is 1. The third-order valence-corrected chi connectivity index (χ3v) is 3.48. The first-order valence-corrected chi connectivity index (χ1v) is 6.00. The smallest absolute Gasteiger partial charge is 0.371 e. The Morgan fingerprint density at radius 2 is 2.17 bits per heavy atom. The number of carboxylic acid groups (broad SMARTS) is 1. The zero-order valence-electron chi connectivity index (χ0n) is 8.88. The third-order valence-electron chi connectivity index (χ3n) is 2.06. The van der Waals surface area contributed by atoms with Gasteiger partial charge < -0.3 is 9.52 Å². The summed E-state index contributed by atoms with van der Waals surface area (Å²) >= 11 is 7.20. The van der Waals surface area contributed by atoms with Gasteiger partial charge in [0, 0.05) is 4.90 Å². The van der Waals surface area contributed by atoms with E-state index in [1.54, 1.807) is 24.3 Å². The number of carboxylic acids is 1. The van der Waals surface area contributed by atoms with E-state index in [0.717, 1.165) is 0 Å². The Labute approximate surface area is 112 Å². The third kappa shape index (κ3) is 2.67. The van der Waals surface area contributed by atoms with Crippen molar-refractivity contribution in [2.75, 3.05) is 0 Å². The van der Waals surface area contributed by atoms with Gasteiger partial charge in [-0.1, -0.05) is 23.4 Å². The van der Waals surface area contributed by atoms with E-state index in [1.165, 1.54) is 17.8 Å². The summed E-state index contributed by atoms with van der Waals surface area (Å²) in [5.74, 6) is -1.24. The maximum absolute atomic E-state index is 10.7. The number of carbonyl (C=O) groups is 1. The van der Waals surface area contributed by atoms with Crippen molar-refractivity contribution in [2.45, 2.75) is 9.99 Å². The van der Waals surface area contributed by atoms with Gasteiger partial charge in [0.25, 0.3) is 0 Å². The van der Waals surface area contributed by atoms with Crippen LogP contribution < -0.4 is 0 Å². The summed E-state index contributed by atoms with van der Waals surface area (Å²) in [6, 6.07) is 9.79. The molecule has 18 heavy (non-hydrogen) atoms. The zero-order chi connectivity index (χ0) is 13.1. The molecule has 1 aromatic carbocycles. The predicted molar refractivity (Wildman–Crippen MR) is 66.0 cm³/mol. The standard InChI is InChI=1S/C12H6ClNO3S/c13-8-5-7(6-14)1-3-10(8)18-11-4-2-9(17-11)12(15)16/h1-5H,(H,15,16). The number of benzene rings is 1. The number of rotatable bonds is 3. The van der Waals surface area contributed by atoms with Crippen LogP contribution in [0.3, 0.4) is 0 Å². The molecule has 0 fully saturated rings. The van der Waals surface area contributed by atoms with Crippen molar-refractivity contribution < 1.29 is 14.3 Å². The van der Waals surface area contributed by atoms with Crippen LogP contribution in [0.1, 0.15) is 16.1 Å². The maximum Gasteiger partial charge on any atom is 0.371 e. The van der Waals surface area contributed by atoms with Crippen LogP contribution in [0.25, 0.3) is 0 Å². The van der Waals surface area contributed by atoms with Crippen LogP contribution in [0, 0.1) is 11.3 Å². The average Bonchev–Trinajstić information content (AvgIpc) is 2.80. The Morgan fingerprint density at radius 1 is 1.39 bits per heavy atom. The van der Waals surface area contributed by atoms with E-state index in [4.69, 9.17) is 26.4 Å². The highest BCUT2D eigenvalue weighted by Crippen LogP contribution is 2.34. The Hall–Kier alpha value is -1.90. The van der Waals surface area contributed by atoms with E-state index >= 15 is 0 Å². The molecule has 0 atom stereocenters. The molecule has 0 aliphatic carbocycles. The molecule has 0 spiro atoms. The van der Waals surface area contributed by atoms with Crippen LogP contribution in [0.5, 0.6) is 0 Å². The first-order chi connectivity index (χ1) is 8.60. The normalized spacial score (nSPS) is 10.0. The molecule has 4 nitrogen and oxygen atoms in total. The largest absolute Gasteiger partial charge is 0.475 e. The molecule has 0 bridgehead atoms. The Bertz CT molecular complexity index is 645. The Kier molecular flexibility index (Phi) is 3.60. The highest BCUT2D eigenvalue weighted by Gasteiger charge is 2.11. The van der Waals surface area contributed by atoms with Crippen LogP contribution >= 0.6 is 23.4 Å². The lowest BCUT2D eigenvalue weighted by Gasteiger charge is -2.01. The summed E-state index contributed by atoms with van der Waals surface area (Å²) in [4.78, 5) is 11.3. The molecule has 0 amide bonds. The second kappa shape index (κ2) is 5.17. The Morgan fingerprint density at radius 3 is 2.72 bits per heavy atom. The molecule has 0 saturated heterocycles. The number of halogens is 1. The summed E-state index contributed by atoms with van der Waals surface area (Å²) in [6.07, 6.45) is 0. The molecule has 0 aliphatic heterocycles. The highest BCUT2D eigenvalue weighted by atomic mass is 35.5. The second-order valence-corrected chi connectivity index (χ2v) is 4.74. The summed E-state index contributed by atoms with van der Waals surface area (Å²) in [6.45, 7) is 0. The molecular formula is C12H6ClNO3S. The zero-order valence-corrected chi connectivity index (χ0v) is 10.5. The van der Waals surface area contributed by atoms with Crippen molar-refractivity contribution in [2.24, 2.45) is 0 Å². The van der Waals surface area contributed by atoms with Gasteiger partial charge >= 0.3 is 5.97 Å². The molecular weight excluding hydrogens is 274 g/mol. The quantitative estimate of drug-likeness (QED) is 0.928. The van der Waals surface area contributed by atoms with Gasteiger partial charge in [-0.25, -0.2) is 4.79 Å². The van der Waals surface area contributed by atoms with Gasteiger partial charge in [0.15, 0.2) is 5.09 Å². The number of hydrogen-bond donors (Lipinski definition) is 1. The summed E-state index contributed by atoms with van der Waals surface area (Å²) in [5, 5.41) is 18.3. The molecule has 2 aromatic rings. The molecule has 0 aliphatic rings. The van der Waals surface area contributed by atoms with Crippen LogP contribution in [0.2, 0.25) is 5.02 Å². The fourth-order valence-corrected chi connectivity index (χ4v) is 2.32. The van der Waals surface area contributed by atoms with E-state index in [2.05, 4.69) is 0 Å². The van der Waals surface area contributed by atoms with E-state index in [9.17, 15) is 4.79 Å². The molecule has 2 rings (SSSR count). The summed E-state index contributed by atoms with van der Waals surface area (Å²) in [7, 11) is 0. The monoisotopic (exact) mass is 279 g/mol. The molecule has 0 saturated carbocycles. The van der Waals surface area contributed by atoms with Crippen LogP contribution in [0.15, 0.2) is 44.7 Å². The molecule has 0 unspecified atom stereocenters. The van der Waals surface area contributed by atoms with Gasteiger partial charge in [0.05, 0.1) is 16.7 Å². The van der Waals surface area contributed by atoms with Crippen molar-refractivity contribution in [3.8, 4) is 6.07 Å². The lowest BCUT2D eigenvalue weighted by atomic mass is 10.2. The molecule has 1 aromatic heterocycles. The number of hydrogen-bond acceptors (Lipinski definition) is 4. The highest BCUT2D eigenvalue weighted by molar-refractivity contribution is 7.99. The number of nitrogens with zero attached hydrogens (tertiary/aromatic N) is 1. The summed E-state index contributed by atoms with van der Waals surface area (Å²) < 4.78 is 5.10. The van der Waals surface area contributed by atoms with E-state index in [0.29, 0.717) is 20.6 Å². The Balaban J connectivity index is 2.23. The summed E-state index contributed by atoms with van der Waals surface area (Å²) in [5.41, 5.74) is 0.468. The van der Waals surface area contributed by atoms with Crippen molar-refractivity contribution >= 4 is 29.3 Å². The van der Waals surface area contributed by atoms with Gasteiger partial charge in [0.2, 0.25) is 5.76 Å². The molecule has 90 valence electrons. The average molecular weight is 280 g/mol. The predicted octanol–water partition coefficient (Wildman–Crippen LogP) is 3.65. The first-order valence-electron chi connectivity index (χ1n) is 4.81. The van der Waals surface area contributed by atoms with Gasteiger partial charge in [-0.3, -0.25) is 0 Å². The van der Waals surface area contributed by atoms with Crippen molar-refractivity contribution in [3.05, 3.63) is 46.7 Å². The first kappa shape index (κ1) is 12.6. The number of furan rings is 1. The van der Waals surface area contributed by atoms with Crippen molar-refractivity contribution in [3.63, 3.8) is 0 Å². The lowest BCUT2D eigenvalue weighted by molar-refractivity contribution is 0.0656. The van der Waals surface area contributed by atoms with E-state index in [-0.39, 0.29) is 5.76 Å². The molecule has 1 heterocycles. The van der Waals surface area contributed by atoms with Crippen LogP contribution in [-0.4, -0.2) is 11.1 Å². The molecule has 6 heteroatoms. The minimum atomic E-state index is -1.12. The molecule has 0 radical (unpaired) electrons. The van der Waals surface area contributed by atoms with Gasteiger partial charge in [-0.05, 0) is 30.3 Å². The molecule has 1 N–H and O–H groups in total. The fourth-order valence-electron chi connectivity index (χ4n) is 1.25. The van der Waals surface area contributed by atoms with Crippen LogP contribution in [0.4, 0.5) is 0 Å². The second-order valence-electron chi connectivity index (χ2n) is 3.28. The van der Waals surface area contributed by atoms with E-state index < -0.39 is 5.97 Å². The minimum Gasteiger partial charge on any atom is -0.475 e. The fraction of sp³-hybridized carbons (Fsp3) is 0. The van der Waals surface area contributed by atoms with Crippen molar-refractivity contribution in [1.82, 2.24) is 0 Å². The van der Waals surface area contributed by atoms with Gasteiger partial charge in [-0.15, -0.1) is 0 Å². The number of nitriles is 1. The van der Waals surface area contributed by atoms with Gasteiger partial charge in [-0.2, -0.15) is 5.26 Å². The van der Waals surface area contributed by atoms with Crippen LogP contribution in [-0.2, 0) is 0 Å².